The van der Waals surface area contributed by atoms with Crippen LogP contribution >= 0.6 is 27.7 Å². The van der Waals surface area contributed by atoms with Gasteiger partial charge in [-0.1, -0.05) is 22.0 Å². The van der Waals surface area contributed by atoms with Crippen LogP contribution in [0.15, 0.2) is 32.7 Å². The van der Waals surface area contributed by atoms with Crippen LogP contribution in [0.1, 0.15) is 18.3 Å². The van der Waals surface area contributed by atoms with Crippen LogP contribution in [0.25, 0.3) is 0 Å². The predicted octanol–water partition coefficient (Wildman–Crippen LogP) is 2.93. The fraction of sp³-hybridized carbons (Fsp3) is 0.385. The van der Waals surface area contributed by atoms with E-state index in [4.69, 9.17) is 5.73 Å². The Labute approximate surface area is 125 Å². The van der Waals surface area contributed by atoms with Gasteiger partial charge in [0.1, 0.15) is 5.82 Å². The van der Waals surface area contributed by atoms with Crippen molar-refractivity contribution in [2.75, 3.05) is 0 Å². The number of benzene rings is 1. The molecule has 1 aromatic carbocycles. The Morgan fingerprint density at radius 1 is 1.42 bits per heavy atom. The van der Waals surface area contributed by atoms with Gasteiger partial charge in [0.05, 0.1) is 0 Å². The van der Waals surface area contributed by atoms with Gasteiger partial charge in [0, 0.05) is 22.5 Å². The molecule has 0 fully saturated rings. The van der Waals surface area contributed by atoms with Gasteiger partial charge in [0.2, 0.25) is 0 Å². The largest absolute Gasteiger partial charge is 0.328 e. The highest BCUT2D eigenvalue weighted by Gasteiger charge is 2.12. The summed E-state index contributed by atoms with van der Waals surface area (Å²) in [4.78, 5) is 1.17. The van der Waals surface area contributed by atoms with E-state index in [0.717, 1.165) is 21.9 Å². The third kappa shape index (κ3) is 3.58. The number of rotatable bonds is 4. The molecule has 0 amide bonds. The predicted molar refractivity (Wildman–Crippen MR) is 81.4 cm³/mol. The van der Waals surface area contributed by atoms with Crippen LogP contribution in [0.2, 0.25) is 0 Å². The maximum absolute atomic E-state index is 5.90. The second-order valence-electron chi connectivity index (χ2n) is 4.62. The molecule has 19 heavy (non-hydrogen) atoms. The first-order valence-electron chi connectivity index (χ1n) is 6.05. The van der Waals surface area contributed by atoms with Crippen molar-refractivity contribution in [3.63, 3.8) is 0 Å². The minimum Gasteiger partial charge on any atom is -0.328 e. The van der Waals surface area contributed by atoms with Crippen LogP contribution in [0.5, 0.6) is 0 Å². The van der Waals surface area contributed by atoms with Gasteiger partial charge in [0.15, 0.2) is 5.16 Å². The number of nitrogens with zero attached hydrogens (tertiary/aromatic N) is 3. The van der Waals surface area contributed by atoms with E-state index in [1.807, 2.05) is 31.5 Å². The number of halogens is 1. The molecule has 2 N–H and O–H groups in total. The van der Waals surface area contributed by atoms with Crippen molar-refractivity contribution in [1.82, 2.24) is 14.8 Å². The van der Waals surface area contributed by atoms with Crippen molar-refractivity contribution in [3.8, 4) is 0 Å². The molecule has 0 aliphatic heterocycles. The zero-order chi connectivity index (χ0) is 14.0. The molecular formula is C13H17BrN4S. The summed E-state index contributed by atoms with van der Waals surface area (Å²) >= 11 is 5.13. The van der Waals surface area contributed by atoms with Crippen LogP contribution in [0.4, 0.5) is 0 Å². The lowest BCUT2D eigenvalue weighted by molar-refractivity contribution is 0.727. The molecule has 0 bridgehead atoms. The fourth-order valence-corrected chi connectivity index (χ4v) is 3.24. The summed E-state index contributed by atoms with van der Waals surface area (Å²) in [5.41, 5.74) is 7.14. The van der Waals surface area contributed by atoms with E-state index >= 15 is 0 Å². The maximum Gasteiger partial charge on any atom is 0.195 e. The second kappa shape index (κ2) is 6.07. The Hall–Kier alpha value is -0.850. The third-order valence-corrected chi connectivity index (χ3v) is 4.46. The SMILES string of the molecule is Cc1nnc(Sc2cc(Br)ccc2CC(C)N)n1C. The number of hydrogen-bond acceptors (Lipinski definition) is 4. The maximum atomic E-state index is 5.90. The van der Waals surface area contributed by atoms with E-state index in [9.17, 15) is 0 Å². The van der Waals surface area contributed by atoms with Crippen LogP contribution in [-0.2, 0) is 13.5 Å². The lowest BCUT2D eigenvalue weighted by Crippen LogP contribution is -2.18. The van der Waals surface area contributed by atoms with Gasteiger partial charge in [0.25, 0.3) is 0 Å². The Morgan fingerprint density at radius 2 is 2.16 bits per heavy atom. The molecule has 0 spiro atoms. The first-order valence-corrected chi connectivity index (χ1v) is 7.66. The molecule has 0 radical (unpaired) electrons. The van der Waals surface area contributed by atoms with Gasteiger partial charge in [-0.15, -0.1) is 10.2 Å². The van der Waals surface area contributed by atoms with E-state index in [1.165, 1.54) is 10.5 Å². The van der Waals surface area contributed by atoms with Gasteiger partial charge >= 0.3 is 0 Å². The Bertz CT molecular complexity index is 580. The molecule has 2 aromatic rings. The van der Waals surface area contributed by atoms with Gasteiger partial charge in [-0.25, -0.2) is 0 Å². The van der Waals surface area contributed by atoms with Gasteiger partial charge < -0.3 is 10.3 Å². The average Bonchev–Trinajstić information content (AvgIpc) is 2.64. The molecule has 1 heterocycles. The molecule has 1 atom stereocenters. The highest BCUT2D eigenvalue weighted by molar-refractivity contribution is 9.10. The zero-order valence-corrected chi connectivity index (χ0v) is 13.6. The number of hydrogen-bond donors (Lipinski definition) is 1. The van der Waals surface area contributed by atoms with Gasteiger partial charge in [-0.3, -0.25) is 0 Å². The van der Waals surface area contributed by atoms with Crippen molar-refractivity contribution in [1.29, 1.82) is 0 Å². The third-order valence-electron chi connectivity index (χ3n) is 2.82. The smallest absolute Gasteiger partial charge is 0.195 e. The monoisotopic (exact) mass is 340 g/mol. The van der Waals surface area contributed by atoms with Crippen LogP contribution in [0, 0.1) is 6.92 Å². The summed E-state index contributed by atoms with van der Waals surface area (Å²) < 4.78 is 3.05. The average molecular weight is 341 g/mol. The summed E-state index contributed by atoms with van der Waals surface area (Å²) in [6.07, 6.45) is 0.854. The van der Waals surface area contributed by atoms with Crippen molar-refractivity contribution in [2.45, 2.75) is 36.4 Å². The highest BCUT2D eigenvalue weighted by Crippen LogP contribution is 2.32. The topological polar surface area (TPSA) is 56.7 Å². The highest BCUT2D eigenvalue weighted by atomic mass is 79.9. The standard InChI is InChI=1S/C13H17BrN4S/c1-8(15)6-10-4-5-11(14)7-12(10)19-13-17-16-9(2)18(13)3/h4-5,7-8H,6,15H2,1-3H3. The number of aromatic nitrogens is 3. The molecule has 0 aliphatic rings. The summed E-state index contributed by atoms with van der Waals surface area (Å²) in [7, 11) is 1.97. The normalized spacial score (nSPS) is 12.7. The minimum atomic E-state index is 0.141. The minimum absolute atomic E-state index is 0.141. The number of aryl methyl sites for hydroxylation is 1. The quantitative estimate of drug-likeness (QED) is 0.929. The van der Waals surface area contributed by atoms with E-state index in [2.05, 4.69) is 38.3 Å². The molecule has 2 rings (SSSR count). The van der Waals surface area contributed by atoms with Crippen molar-refractivity contribution in [3.05, 3.63) is 34.1 Å². The Kier molecular flexibility index (Phi) is 4.65. The van der Waals surface area contributed by atoms with Gasteiger partial charge in [-0.05, 0) is 49.7 Å². The Morgan fingerprint density at radius 3 is 2.74 bits per heavy atom. The second-order valence-corrected chi connectivity index (χ2v) is 6.55. The first-order chi connectivity index (χ1) is 8.97. The lowest BCUT2D eigenvalue weighted by Gasteiger charge is -2.11. The molecule has 4 nitrogen and oxygen atoms in total. The van der Waals surface area contributed by atoms with Crippen molar-refractivity contribution < 1.29 is 0 Å². The summed E-state index contributed by atoms with van der Waals surface area (Å²) in [5.74, 6) is 0.909. The van der Waals surface area contributed by atoms with Crippen LogP contribution < -0.4 is 5.73 Å². The molecule has 0 saturated carbocycles. The summed E-state index contributed by atoms with van der Waals surface area (Å²) in [5, 5.41) is 9.16. The summed E-state index contributed by atoms with van der Waals surface area (Å²) in [6, 6.07) is 6.40. The van der Waals surface area contributed by atoms with Crippen LogP contribution in [0.3, 0.4) is 0 Å². The van der Waals surface area contributed by atoms with E-state index in [0.29, 0.717) is 0 Å². The van der Waals surface area contributed by atoms with E-state index in [-0.39, 0.29) is 6.04 Å². The lowest BCUT2D eigenvalue weighted by atomic mass is 10.1. The van der Waals surface area contributed by atoms with Crippen molar-refractivity contribution >= 4 is 27.7 Å². The fourth-order valence-electron chi connectivity index (χ4n) is 1.71. The van der Waals surface area contributed by atoms with Crippen LogP contribution in [-0.4, -0.2) is 20.8 Å². The molecule has 102 valence electrons. The van der Waals surface area contributed by atoms with E-state index in [1.54, 1.807) is 11.8 Å². The van der Waals surface area contributed by atoms with Crippen molar-refractivity contribution in [2.24, 2.45) is 12.8 Å². The molecule has 6 heteroatoms. The number of nitrogens with two attached hydrogens (primary N) is 1. The molecular weight excluding hydrogens is 324 g/mol. The summed E-state index contributed by atoms with van der Waals surface area (Å²) in [6.45, 7) is 3.96. The first kappa shape index (κ1) is 14.6. The molecule has 1 aromatic heterocycles. The molecule has 0 saturated heterocycles. The van der Waals surface area contributed by atoms with Gasteiger partial charge in [-0.2, -0.15) is 0 Å². The zero-order valence-electron chi connectivity index (χ0n) is 11.2. The molecule has 1 unspecified atom stereocenters. The molecule has 0 aliphatic carbocycles. The Balaban J connectivity index is 2.32. The van der Waals surface area contributed by atoms with E-state index < -0.39 is 0 Å².